The minimum atomic E-state index is -0.705. The molecule has 1 fully saturated rings. The Morgan fingerprint density at radius 3 is 3.00 bits per heavy atom. The van der Waals surface area contributed by atoms with E-state index < -0.39 is 5.97 Å². The highest BCUT2D eigenvalue weighted by Crippen LogP contribution is 2.38. The van der Waals surface area contributed by atoms with Gasteiger partial charge in [-0.1, -0.05) is 6.92 Å². The van der Waals surface area contributed by atoms with Crippen LogP contribution in [-0.4, -0.2) is 17.2 Å². The number of allylic oxidation sites excluding steroid dienone is 1. The van der Waals surface area contributed by atoms with E-state index >= 15 is 0 Å². The topological polar surface area (TPSA) is 55.8 Å². The Hall–Kier alpha value is -1.03. The lowest BCUT2D eigenvalue weighted by Crippen LogP contribution is -2.25. The number of carboxylic acids is 1. The van der Waals surface area contributed by atoms with Gasteiger partial charge in [0.05, 0.1) is 5.92 Å². The third kappa shape index (κ3) is 2.00. The summed E-state index contributed by atoms with van der Waals surface area (Å²) in [7, 11) is 0. The lowest BCUT2D eigenvalue weighted by atomic mass is 9.83. The van der Waals surface area contributed by atoms with Crippen LogP contribution in [0.3, 0.4) is 0 Å². The molecular formula is C11H16O4. The lowest BCUT2D eigenvalue weighted by Gasteiger charge is -2.22. The lowest BCUT2D eigenvalue weighted by molar-refractivity contribution is -0.267. The maximum Gasteiger partial charge on any atom is 0.306 e. The Balaban J connectivity index is 2.11. The minimum absolute atomic E-state index is 0.0159. The van der Waals surface area contributed by atoms with Crippen molar-refractivity contribution < 1.29 is 19.7 Å². The van der Waals surface area contributed by atoms with Gasteiger partial charge in [0.2, 0.25) is 0 Å². The molecule has 0 radical (unpaired) electrons. The summed E-state index contributed by atoms with van der Waals surface area (Å²) < 4.78 is 0. The summed E-state index contributed by atoms with van der Waals surface area (Å²) in [5, 5.41) is 8.97. The molecule has 1 aliphatic carbocycles. The van der Waals surface area contributed by atoms with Crippen molar-refractivity contribution >= 4 is 5.97 Å². The largest absolute Gasteiger partial charge is 0.481 e. The van der Waals surface area contributed by atoms with Crippen LogP contribution in [0.2, 0.25) is 0 Å². The molecule has 2 aliphatic rings. The molecule has 4 nitrogen and oxygen atoms in total. The van der Waals surface area contributed by atoms with Gasteiger partial charge in [0.1, 0.15) is 11.9 Å². The van der Waals surface area contributed by atoms with E-state index in [1.807, 2.05) is 0 Å². The van der Waals surface area contributed by atoms with Crippen LogP contribution in [0.1, 0.15) is 39.0 Å². The molecule has 0 aromatic heterocycles. The van der Waals surface area contributed by atoms with E-state index in [2.05, 4.69) is 6.92 Å². The van der Waals surface area contributed by atoms with Crippen LogP contribution in [-0.2, 0) is 14.6 Å². The summed E-state index contributed by atoms with van der Waals surface area (Å²) >= 11 is 0. The predicted molar refractivity (Wildman–Crippen MR) is 52.9 cm³/mol. The van der Waals surface area contributed by atoms with Gasteiger partial charge in [-0.2, -0.15) is 4.89 Å². The minimum Gasteiger partial charge on any atom is -0.481 e. The normalized spacial score (nSPS) is 29.9. The SMILES string of the molecule is CCCC1=C2CC(C(=O)O)CCC2OO1. The Kier molecular flexibility index (Phi) is 2.95. The van der Waals surface area contributed by atoms with Crippen LogP contribution in [0, 0.1) is 5.92 Å². The van der Waals surface area contributed by atoms with E-state index in [1.165, 1.54) is 0 Å². The molecule has 1 saturated carbocycles. The van der Waals surface area contributed by atoms with Crippen molar-refractivity contribution in [3.8, 4) is 0 Å². The van der Waals surface area contributed by atoms with Crippen LogP contribution < -0.4 is 0 Å². The average molecular weight is 212 g/mol. The van der Waals surface area contributed by atoms with Gasteiger partial charge in [0.25, 0.3) is 0 Å². The van der Waals surface area contributed by atoms with E-state index in [0.717, 1.165) is 30.6 Å². The van der Waals surface area contributed by atoms with Gasteiger partial charge in [-0.3, -0.25) is 4.79 Å². The molecule has 2 atom stereocenters. The maximum atomic E-state index is 10.9. The second-order valence-electron chi connectivity index (χ2n) is 4.18. The van der Waals surface area contributed by atoms with Crippen molar-refractivity contribution in [2.24, 2.45) is 5.92 Å². The molecule has 2 unspecified atom stereocenters. The highest BCUT2D eigenvalue weighted by atomic mass is 17.2. The molecule has 0 aromatic carbocycles. The molecule has 1 N–H and O–H groups in total. The zero-order valence-corrected chi connectivity index (χ0v) is 8.86. The number of aliphatic carboxylic acids is 1. The Bertz CT molecular complexity index is 295. The summed E-state index contributed by atoms with van der Waals surface area (Å²) in [4.78, 5) is 21.2. The van der Waals surface area contributed by atoms with Crippen molar-refractivity contribution in [3.05, 3.63) is 11.3 Å². The molecule has 1 heterocycles. The van der Waals surface area contributed by atoms with E-state index in [0.29, 0.717) is 12.8 Å². The van der Waals surface area contributed by atoms with Crippen LogP contribution in [0.4, 0.5) is 0 Å². The number of rotatable bonds is 3. The van der Waals surface area contributed by atoms with Crippen molar-refractivity contribution in [2.75, 3.05) is 0 Å². The highest BCUT2D eigenvalue weighted by molar-refractivity contribution is 5.70. The van der Waals surface area contributed by atoms with Crippen LogP contribution >= 0.6 is 0 Å². The van der Waals surface area contributed by atoms with Crippen LogP contribution in [0.5, 0.6) is 0 Å². The molecule has 4 heteroatoms. The van der Waals surface area contributed by atoms with Crippen molar-refractivity contribution in [2.45, 2.75) is 45.1 Å². The summed E-state index contributed by atoms with van der Waals surface area (Å²) in [6, 6.07) is 0. The zero-order valence-electron chi connectivity index (χ0n) is 8.86. The fourth-order valence-electron chi connectivity index (χ4n) is 2.24. The quantitative estimate of drug-likeness (QED) is 0.729. The van der Waals surface area contributed by atoms with Gasteiger partial charge in [-0.25, -0.2) is 0 Å². The Morgan fingerprint density at radius 2 is 2.33 bits per heavy atom. The summed E-state index contributed by atoms with van der Waals surface area (Å²) in [6.07, 6.45) is 3.90. The number of hydrogen-bond acceptors (Lipinski definition) is 3. The molecule has 2 rings (SSSR count). The molecule has 84 valence electrons. The smallest absolute Gasteiger partial charge is 0.306 e. The average Bonchev–Trinajstić information content (AvgIpc) is 2.61. The van der Waals surface area contributed by atoms with Crippen LogP contribution in [0.25, 0.3) is 0 Å². The zero-order chi connectivity index (χ0) is 10.8. The first-order chi connectivity index (χ1) is 7.22. The Labute approximate surface area is 88.8 Å². The van der Waals surface area contributed by atoms with Gasteiger partial charge in [0, 0.05) is 12.0 Å². The van der Waals surface area contributed by atoms with Crippen molar-refractivity contribution in [1.82, 2.24) is 0 Å². The Morgan fingerprint density at radius 1 is 1.53 bits per heavy atom. The molecule has 0 saturated heterocycles. The van der Waals surface area contributed by atoms with E-state index in [-0.39, 0.29) is 12.0 Å². The van der Waals surface area contributed by atoms with Gasteiger partial charge >= 0.3 is 5.97 Å². The van der Waals surface area contributed by atoms with Gasteiger partial charge in [-0.05, 0) is 25.7 Å². The molecule has 0 amide bonds. The number of carboxylic acid groups (broad SMARTS) is 1. The van der Waals surface area contributed by atoms with Gasteiger partial charge in [0.15, 0.2) is 0 Å². The molecule has 0 bridgehead atoms. The highest BCUT2D eigenvalue weighted by Gasteiger charge is 2.37. The summed E-state index contributed by atoms with van der Waals surface area (Å²) in [5.41, 5.74) is 1.08. The second-order valence-corrected chi connectivity index (χ2v) is 4.18. The first kappa shape index (κ1) is 10.5. The monoisotopic (exact) mass is 212 g/mol. The van der Waals surface area contributed by atoms with E-state index in [9.17, 15) is 4.79 Å². The third-order valence-electron chi connectivity index (χ3n) is 3.08. The molecular weight excluding hydrogens is 196 g/mol. The molecule has 1 aliphatic heterocycles. The van der Waals surface area contributed by atoms with Gasteiger partial charge < -0.3 is 9.99 Å². The van der Waals surface area contributed by atoms with E-state index in [4.69, 9.17) is 14.9 Å². The standard InChI is InChI=1S/C11H16O4/c1-2-3-9-8-6-7(11(12)13)4-5-10(8)15-14-9/h7,10H,2-6H2,1H3,(H,12,13). The maximum absolute atomic E-state index is 10.9. The fraction of sp³-hybridized carbons (Fsp3) is 0.727. The number of fused-ring (bicyclic) bond motifs is 1. The van der Waals surface area contributed by atoms with Crippen molar-refractivity contribution in [3.63, 3.8) is 0 Å². The first-order valence-electron chi connectivity index (χ1n) is 5.50. The molecule has 0 spiro atoms. The predicted octanol–water partition coefficient (Wildman–Crippen LogP) is 2.26. The first-order valence-corrected chi connectivity index (χ1v) is 5.50. The second kappa shape index (κ2) is 4.23. The third-order valence-corrected chi connectivity index (χ3v) is 3.08. The van der Waals surface area contributed by atoms with E-state index in [1.54, 1.807) is 0 Å². The van der Waals surface area contributed by atoms with Crippen LogP contribution in [0.15, 0.2) is 11.3 Å². The summed E-state index contributed by atoms with van der Waals surface area (Å²) in [6.45, 7) is 2.07. The summed E-state index contributed by atoms with van der Waals surface area (Å²) in [5.74, 6) is -0.0921. The fourth-order valence-corrected chi connectivity index (χ4v) is 2.24. The number of hydrogen-bond donors (Lipinski definition) is 1. The number of carbonyl (C=O) groups is 1. The van der Waals surface area contributed by atoms with Gasteiger partial charge in [-0.15, -0.1) is 0 Å². The van der Waals surface area contributed by atoms with Crippen molar-refractivity contribution in [1.29, 1.82) is 0 Å². The molecule has 15 heavy (non-hydrogen) atoms. The molecule has 0 aromatic rings.